The monoisotopic (exact) mass is 430 g/mol. The van der Waals surface area contributed by atoms with Crippen molar-refractivity contribution in [2.75, 3.05) is 33.4 Å². The summed E-state index contributed by atoms with van der Waals surface area (Å²) < 4.78 is 11.3. The van der Waals surface area contributed by atoms with Crippen molar-refractivity contribution in [3.63, 3.8) is 0 Å². The van der Waals surface area contributed by atoms with E-state index in [0.717, 1.165) is 49.7 Å². The van der Waals surface area contributed by atoms with Crippen LogP contribution in [0.5, 0.6) is 11.5 Å². The number of hydrogen-bond donors (Lipinski definition) is 0. The standard InChI is InChI=1S/C28H34N2O2/c1-3-22-21-30(18-19-32-25-10-5-4-6-11-25)17-15-23(22)8-7-9-24-14-16-29-28-13-12-26(31-2)20-27(24)28/h3-6,10-14,16,20,22-23H,1,7-9,15,17-19,21H2,2H3/t22-,23+/m0/s1. The molecular formula is C28H34N2O2. The largest absolute Gasteiger partial charge is 0.497 e. The van der Waals surface area contributed by atoms with Gasteiger partial charge >= 0.3 is 0 Å². The van der Waals surface area contributed by atoms with E-state index in [1.807, 2.05) is 48.7 Å². The number of aryl methyl sites for hydroxylation is 1. The highest BCUT2D eigenvalue weighted by Gasteiger charge is 2.26. The Bertz CT molecular complexity index is 1000. The second-order valence-corrected chi connectivity index (χ2v) is 8.66. The molecule has 0 N–H and O–H groups in total. The van der Waals surface area contributed by atoms with Crippen LogP contribution in [0.15, 0.2) is 73.4 Å². The highest BCUT2D eigenvalue weighted by atomic mass is 16.5. The number of rotatable bonds is 10. The minimum absolute atomic E-state index is 0.551. The van der Waals surface area contributed by atoms with Gasteiger partial charge in [-0.1, -0.05) is 24.3 Å². The first-order valence-corrected chi connectivity index (χ1v) is 11.7. The van der Waals surface area contributed by atoms with Crippen LogP contribution < -0.4 is 9.47 Å². The van der Waals surface area contributed by atoms with Gasteiger partial charge in [0.1, 0.15) is 18.1 Å². The minimum Gasteiger partial charge on any atom is -0.497 e. The van der Waals surface area contributed by atoms with Crippen LogP contribution in [-0.2, 0) is 6.42 Å². The highest BCUT2D eigenvalue weighted by molar-refractivity contribution is 5.83. The summed E-state index contributed by atoms with van der Waals surface area (Å²) >= 11 is 0. The second kappa shape index (κ2) is 11.1. The quantitative estimate of drug-likeness (QED) is 0.383. The molecule has 4 nitrogen and oxygen atoms in total. The van der Waals surface area contributed by atoms with Gasteiger partial charge in [0.05, 0.1) is 12.6 Å². The van der Waals surface area contributed by atoms with Gasteiger partial charge in [-0.25, -0.2) is 0 Å². The molecule has 2 atom stereocenters. The Labute approximate surface area is 191 Å². The van der Waals surface area contributed by atoms with Crippen LogP contribution in [0.1, 0.15) is 24.8 Å². The van der Waals surface area contributed by atoms with E-state index in [4.69, 9.17) is 9.47 Å². The fourth-order valence-corrected chi connectivity index (χ4v) is 4.82. The number of nitrogens with zero attached hydrogens (tertiary/aromatic N) is 2. The fourth-order valence-electron chi connectivity index (χ4n) is 4.82. The van der Waals surface area contributed by atoms with Crippen LogP contribution in [0.2, 0.25) is 0 Å². The maximum atomic E-state index is 5.89. The molecule has 0 spiro atoms. The maximum Gasteiger partial charge on any atom is 0.119 e. The van der Waals surface area contributed by atoms with E-state index in [-0.39, 0.29) is 0 Å². The number of ether oxygens (including phenoxy) is 2. The van der Waals surface area contributed by atoms with Gasteiger partial charge in [-0.05, 0) is 86.0 Å². The van der Waals surface area contributed by atoms with Crippen molar-refractivity contribution >= 4 is 10.9 Å². The predicted molar refractivity (Wildman–Crippen MR) is 131 cm³/mol. The van der Waals surface area contributed by atoms with Crippen molar-refractivity contribution in [1.82, 2.24) is 9.88 Å². The number of hydrogen-bond acceptors (Lipinski definition) is 4. The molecule has 0 amide bonds. The Morgan fingerprint density at radius 2 is 2.00 bits per heavy atom. The molecule has 168 valence electrons. The molecule has 0 aliphatic carbocycles. The van der Waals surface area contributed by atoms with E-state index in [9.17, 15) is 0 Å². The number of methoxy groups -OCH3 is 1. The number of para-hydroxylation sites is 1. The first-order valence-electron chi connectivity index (χ1n) is 11.7. The molecular weight excluding hydrogens is 396 g/mol. The molecule has 0 radical (unpaired) electrons. The van der Waals surface area contributed by atoms with E-state index < -0.39 is 0 Å². The molecule has 1 aliphatic heterocycles. The summed E-state index contributed by atoms with van der Waals surface area (Å²) in [5.74, 6) is 3.10. The van der Waals surface area contributed by atoms with Gasteiger partial charge in [0.25, 0.3) is 0 Å². The lowest BCUT2D eigenvalue weighted by Crippen LogP contribution is -2.41. The summed E-state index contributed by atoms with van der Waals surface area (Å²) in [5.41, 5.74) is 2.40. The van der Waals surface area contributed by atoms with E-state index in [1.54, 1.807) is 7.11 Å². The predicted octanol–water partition coefficient (Wildman–Crippen LogP) is 5.77. The Kier molecular flexibility index (Phi) is 7.78. The molecule has 4 rings (SSSR count). The van der Waals surface area contributed by atoms with Crippen LogP contribution in [0.4, 0.5) is 0 Å². The first kappa shape index (κ1) is 22.3. The topological polar surface area (TPSA) is 34.6 Å². The smallest absolute Gasteiger partial charge is 0.119 e. The molecule has 0 unspecified atom stereocenters. The molecule has 2 aromatic carbocycles. The maximum absolute atomic E-state index is 5.89. The Balaban J connectivity index is 1.26. The van der Waals surface area contributed by atoms with Crippen LogP contribution in [-0.4, -0.2) is 43.2 Å². The molecule has 1 fully saturated rings. The average molecular weight is 431 g/mol. The van der Waals surface area contributed by atoms with E-state index in [0.29, 0.717) is 11.8 Å². The SMILES string of the molecule is C=C[C@H]1CN(CCOc2ccccc2)CC[C@H]1CCCc1ccnc2ccc(OC)cc12. The average Bonchev–Trinajstić information content (AvgIpc) is 2.85. The van der Waals surface area contributed by atoms with Crippen LogP contribution in [0.3, 0.4) is 0 Å². The summed E-state index contributed by atoms with van der Waals surface area (Å²) in [5, 5.41) is 1.21. The van der Waals surface area contributed by atoms with Gasteiger partial charge in [0.2, 0.25) is 0 Å². The molecule has 1 aliphatic rings. The van der Waals surface area contributed by atoms with Crippen molar-refractivity contribution in [2.45, 2.75) is 25.7 Å². The van der Waals surface area contributed by atoms with Gasteiger partial charge in [-0.15, -0.1) is 6.58 Å². The zero-order valence-electron chi connectivity index (χ0n) is 19.1. The molecule has 32 heavy (non-hydrogen) atoms. The van der Waals surface area contributed by atoms with E-state index in [1.165, 1.54) is 30.2 Å². The lowest BCUT2D eigenvalue weighted by Gasteiger charge is -2.37. The molecule has 2 heterocycles. The highest BCUT2D eigenvalue weighted by Crippen LogP contribution is 2.30. The molecule has 0 bridgehead atoms. The van der Waals surface area contributed by atoms with Gasteiger partial charge in [0.15, 0.2) is 0 Å². The van der Waals surface area contributed by atoms with Crippen molar-refractivity contribution in [1.29, 1.82) is 0 Å². The summed E-state index contributed by atoms with van der Waals surface area (Å²) in [6, 6.07) is 18.4. The van der Waals surface area contributed by atoms with Crippen LogP contribution in [0, 0.1) is 11.8 Å². The Morgan fingerprint density at radius 1 is 1.12 bits per heavy atom. The lowest BCUT2D eigenvalue weighted by atomic mass is 9.81. The minimum atomic E-state index is 0.551. The first-order chi connectivity index (χ1) is 15.8. The van der Waals surface area contributed by atoms with E-state index >= 15 is 0 Å². The number of piperidine rings is 1. The summed E-state index contributed by atoms with van der Waals surface area (Å²) in [4.78, 5) is 7.03. The second-order valence-electron chi connectivity index (χ2n) is 8.66. The Hall–Kier alpha value is -2.85. The molecule has 4 heteroatoms. The van der Waals surface area contributed by atoms with Crippen LogP contribution in [0.25, 0.3) is 10.9 Å². The van der Waals surface area contributed by atoms with Crippen LogP contribution >= 0.6 is 0 Å². The molecule has 3 aromatic rings. The fraction of sp³-hybridized carbons (Fsp3) is 0.393. The number of benzene rings is 2. The number of pyridine rings is 1. The zero-order chi connectivity index (χ0) is 22.2. The number of likely N-dealkylation sites (tertiary alicyclic amines) is 1. The van der Waals surface area contributed by atoms with Gasteiger partial charge in [0, 0.05) is 24.7 Å². The van der Waals surface area contributed by atoms with Crippen molar-refractivity contribution in [3.05, 3.63) is 79.0 Å². The van der Waals surface area contributed by atoms with Gasteiger partial charge in [-0.3, -0.25) is 9.88 Å². The molecule has 0 saturated carbocycles. The third-order valence-corrected chi connectivity index (χ3v) is 6.67. The van der Waals surface area contributed by atoms with Crippen molar-refractivity contribution in [3.8, 4) is 11.5 Å². The van der Waals surface area contributed by atoms with Crippen molar-refractivity contribution < 1.29 is 9.47 Å². The van der Waals surface area contributed by atoms with Gasteiger partial charge < -0.3 is 9.47 Å². The summed E-state index contributed by atoms with van der Waals surface area (Å²) in [6.45, 7) is 8.07. The normalized spacial score (nSPS) is 19.0. The van der Waals surface area contributed by atoms with Gasteiger partial charge in [-0.2, -0.15) is 0 Å². The number of aromatic nitrogens is 1. The Morgan fingerprint density at radius 3 is 2.81 bits per heavy atom. The zero-order valence-corrected chi connectivity index (χ0v) is 19.1. The number of fused-ring (bicyclic) bond motifs is 1. The molecule has 1 saturated heterocycles. The summed E-state index contributed by atoms with van der Waals surface area (Å²) in [6.07, 6.45) is 8.81. The third kappa shape index (κ3) is 5.68. The van der Waals surface area contributed by atoms with Crippen molar-refractivity contribution in [2.24, 2.45) is 11.8 Å². The van der Waals surface area contributed by atoms with E-state index in [2.05, 4.69) is 34.7 Å². The molecule has 1 aromatic heterocycles. The third-order valence-electron chi connectivity index (χ3n) is 6.67. The summed E-state index contributed by atoms with van der Waals surface area (Å²) in [7, 11) is 1.72. The lowest BCUT2D eigenvalue weighted by molar-refractivity contribution is 0.119.